The highest BCUT2D eigenvalue weighted by Crippen LogP contribution is 2.56. The molecule has 1 spiro atoms. The van der Waals surface area contributed by atoms with Gasteiger partial charge in [0.2, 0.25) is 11.8 Å². The number of anilines is 1. The lowest BCUT2D eigenvalue weighted by atomic mass is 9.62. The second kappa shape index (κ2) is 8.05. The van der Waals surface area contributed by atoms with Gasteiger partial charge in [0.25, 0.3) is 0 Å². The third-order valence-corrected chi connectivity index (χ3v) is 7.01. The first-order chi connectivity index (χ1) is 14.9. The van der Waals surface area contributed by atoms with E-state index in [-0.39, 0.29) is 23.3 Å². The summed E-state index contributed by atoms with van der Waals surface area (Å²) < 4.78 is 0. The Morgan fingerprint density at radius 2 is 1.78 bits per heavy atom. The Labute approximate surface area is 199 Å². The highest BCUT2D eigenvalue weighted by atomic mass is 35.5. The molecule has 2 aliphatic heterocycles. The standard InChI is InChI=1S/C25H29Cl2N3O2/c1-24(2,3)13-19-25(17-10-9-16(27)12-18(17)28-23(25)32)20(14-7-6-8-15(26)11-14)21(29-19)22(31)30(4)5/h6-12,19-21,29H,13H2,1-5H3,(H,28,32). The molecule has 4 unspecified atom stereocenters. The summed E-state index contributed by atoms with van der Waals surface area (Å²) >= 11 is 12.6. The van der Waals surface area contributed by atoms with Crippen molar-refractivity contribution >= 4 is 40.7 Å². The van der Waals surface area contributed by atoms with Gasteiger partial charge in [-0.15, -0.1) is 0 Å². The molecule has 2 N–H and O–H groups in total. The van der Waals surface area contributed by atoms with E-state index in [0.29, 0.717) is 22.2 Å². The van der Waals surface area contributed by atoms with Crippen LogP contribution in [0, 0.1) is 5.41 Å². The molecule has 2 aliphatic rings. The van der Waals surface area contributed by atoms with Gasteiger partial charge in [-0.1, -0.05) is 62.2 Å². The molecule has 0 saturated carbocycles. The van der Waals surface area contributed by atoms with Crippen molar-refractivity contribution in [2.75, 3.05) is 19.4 Å². The molecule has 32 heavy (non-hydrogen) atoms. The van der Waals surface area contributed by atoms with E-state index in [0.717, 1.165) is 11.1 Å². The van der Waals surface area contributed by atoms with Crippen LogP contribution in [-0.2, 0) is 15.0 Å². The minimum absolute atomic E-state index is 0.0685. The lowest BCUT2D eigenvalue weighted by Gasteiger charge is -2.37. The topological polar surface area (TPSA) is 61.4 Å². The van der Waals surface area contributed by atoms with E-state index in [9.17, 15) is 9.59 Å². The van der Waals surface area contributed by atoms with Crippen LogP contribution in [0.1, 0.15) is 44.2 Å². The van der Waals surface area contributed by atoms with E-state index in [4.69, 9.17) is 23.2 Å². The average molecular weight is 474 g/mol. The van der Waals surface area contributed by atoms with Crippen molar-refractivity contribution in [1.29, 1.82) is 0 Å². The SMILES string of the molecule is CN(C)C(=O)C1NC(CC(C)(C)C)C2(C(=O)Nc3cc(Cl)ccc32)C1c1cccc(Cl)c1. The maximum absolute atomic E-state index is 13.9. The minimum Gasteiger partial charge on any atom is -0.347 e. The number of nitrogens with zero attached hydrogens (tertiary/aromatic N) is 1. The number of carbonyl (C=O) groups is 2. The summed E-state index contributed by atoms with van der Waals surface area (Å²) in [4.78, 5) is 28.9. The number of benzene rings is 2. The molecule has 0 aliphatic carbocycles. The van der Waals surface area contributed by atoms with Gasteiger partial charge in [0.1, 0.15) is 5.41 Å². The summed E-state index contributed by atoms with van der Waals surface area (Å²) in [5, 5.41) is 7.78. The molecule has 2 amide bonds. The zero-order valence-corrected chi connectivity index (χ0v) is 20.5. The van der Waals surface area contributed by atoms with Gasteiger partial charge < -0.3 is 15.5 Å². The maximum Gasteiger partial charge on any atom is 0.239 e. The van der Waals surface area contributed by atoms with Crippen LogP contribution in [0.2, 0.25) is 10.0 Å². The van der Waals surface area contributed by atoms with Crippen molar-refractivity contribution in [2.24, 2.45) is 5.41 Å². The van der Waals surface area contributed by atoms with Crippen LogP contribution in [-0.4, -0.2) is 42.9 Å². The van der Waals surface area contributed by atoms with Gasteiger partial charge in [0.05, 0.1) is 6.04 Å². The van der Waals surface area contributed by atoms with Gasteiger partial charge in [-0.3, -0.25) is 9.59 Å². The largest absolute Gasteiger partial charge is 0.347 e. The molecule has 2 aromatic carbocycles. The van der Waals surface area contributed by atoms with Crippen molar-refractivity contribution in [1.82, 2.24) is 10.2 Å². The van der Waals surface area contributed by atoms with E-state index in [1.54, 1.807) is 31.1 Å². The van der Waals surface area contributed by atoms with Gasteiger partial charge in [-0.25, -0.2) is 0 Å². The number of likely N-dealkylation sites (N-methyl/N-ethyl adjacent to an activating group) is 1. The monoisotopic (exact) mass is 473 g/mol. The van der Waals surface area contributed by atoms with Crippen molar-refractivity contribution in [3.05, 3.63) is 63.6 Å². The number of fused-ring (bicyclic) bond motifs is 2. The highest BCUT2D eigenvalue weighted by molar-refractivity contribution is 6.31. The zero-order chi connectivity index (χ0) is 23.4. The van der Waals surface area contributed by atoms with E-state index in [1.807, 2.05) is 30.3 Å². The molecule has 0 bridgehead atoms. The van der Waals surface area contributed by atoms with Crippen LogP contribution in [0.5, 0.6) is 0 Å². The predicted octanol–water partition coefficient (Wildman–Crippen LogP) is 4.83. The predicted molar refractivity (Wildman–Crippen MR) is 129 cm³/mol. The zero-order valence-electron chi connectivity index (χ0n) is 19.0. The molecule has 5 nitrogen and oxygen atoms in total. The summed E-state index contributed by atoms with van der Waals surface area (Å²) in [6.45, 7) is 6.44. The van der Waals surface area contributed by atoms with E-state index >= 15 is 0 Å². The fraction of sp³-hybridized carbons (Fsp3) is 0.440. The molecule has 170 valence electrons. The Morgan fingerprint density at radius 3 is 2.41 bits per heavy atom. The highest BCUT2D eigenvalue weighted by Gasteiger charge is 2.65. The molecular weight excluding hydrogens is 445 g/mol. The van der Waals surface area contributed by atoms with Crippen LogP contribution >= 0.6 is 23.2 Å². The third kappa shape index (κ3) is 3.70. The summed E-state index contributed by atoms with van der Waals surface area (Å²) in [7, 11) is 3.48. The normalized spacial score (nSPS) is 26.8. The maximum atomic E-state index is 13.9. The first-order valence-electron chi connectivity index (χ1n) is 10.8. The molecule has 4 atom stereocenters. The summed E-state index contributed by atoms with van der Waals surface area (Å²) in [5.41, 5.74) is 1.38. The molecular formula is C25H29Cl2N3O2. The molecule has 4 rings (SSSR count). The van der Waals surface area contributed by atoms with Gasteiger partial charge in [0, 0.05) is 41.8 Å². The fourth-order valence-electron chi connectivity index (χ4n) is 5.39. The van der Waals surface area contributed by atoms with Gasteiger partial charge in [0.15, 0.2) is 0 Å². The quantitative estimate of drug-likeness (QED) is 0.670. The van der Waals surface area contributed by atoms with Crippen molar-refractivity contribution in [3.63, 3.8) is 0 Å². The van der Waals surface area contributed by atoms with Crippen molar-refractivity contribution < 1.29 is 9.59 Å². The van der Waals surface area contributed by atoms with Gasteiger partial charge >= 0.3 is 0 Å². The van der Waals surface area contributed by atoms with E-state index < -0.39 is 17.4 Å². The van der Waals surface area contributed by atoms with Crippen LogP contribution in [0.15, 0.2) is 42.5 Å². The Hall–Kier alpha value is -2.08. The molecule has 1 saturated heterocycles. The molecule has 0 radical (unpaired) electrons. The van der Waals surface area contributed by atoms with Crippen molar-refractivity contribution in [3.8, 4) is 0 Å². The second-order valence-electron chi connectivity index (χ2n) is 10.2. The first-order valence-corrected chi connectivity index (χ1v) is 11.5. The Balaban J connectivity index is 2.01. The lowest BCUT2D eigenvalue weighted by molar-refractivity contribution is -0.131. The number of rotatable bonds is 3. The smallest absolute Gasteiger partial charge is 0.239 e. The van der Waals surface area contributed by atoms with E-state index in [2.05, 4.69) is 31.4 Å². The number of halogens is 2. The number of amides is 2. The Kier molecular flexibility index (Phi) is 5.81. The lowest BCUT2D eigenvalue weighted by Crippen LogP contribution is -2.49. The molecule has 2 heterocycles. The number of hydrogen-bond acceptors (Lipinski definition) is 3. The van der Waals surface area contributed by atoms with Crippen LogP contribution in [0.3, 0.4) is 0 Å². The second-order valence-corrected chi connectivity index (χ2v) is 11.1. The molecule has 1 fully saturated rings. The molecule has 7 heteroatoms. The summed E-state index contributed by atoms with van der Waals surface area (Å²) in [6, 6.07) is 12.2. The Bertz CT molecular complexity index is 1080. The number of hydrogen-bond donors (Lipinski definition) is 2. The molecule has 2 aromatic rings. The average Bonchev–Trinajstić information content (AvgIpc) is 3.15. The van der Waals surface area contributed by atoms with Gasteiger partial charge in [-0.05, 0) is 47.2 Å². The summed E-state index contributed by atoms with van der Waals surface area (Å²) in [6.07, 6.45) is 0.705. The number of nitrogens with one attached hydrogen (secondary N) is 2. The minimum atomic E-state index is -0.978. The Morgan fingerprint density at radius 1 is 1.09 bits per heavy atom. The van der Waals surface area contributed by atoms with Crippen molar-refractivity contribution in [2.45, 2.75) is 50.6 Å². The number of carbonyl (C=O) groups excluding carboxylic acids is 2. The van der Waals surface area contributed by atoms with Crippen LogP contribution < -0.4 is 10.6 Å². The molecule has 0 aromatic heterocycles. The third-order valence-electron chi connectivity index (χ3n) is 6.54. The fourth-order valence-corrected chi connectivity index (χ4v) is 5.76. The van der Waals surface area contributed by atoms with Gasteiger partial charge in [-0.2, -0.15) is 0 Å². The first kappa shape index (κ1) is 23.1. The summed E-state index contributed by atoms with van der Waals surface area (Å²) in [5.74, 6) is -0.623. The van der Waals surface area contributed by atoms with Crippen LogP contribution in [0.4, 0.5) is 5.69 Å². The van der Waals surface area contributed by atoms with Crippen LogP contribution in [0.25, 0.3) is 0 Å². The van der Waals surface area contributed by atoms with E-state index in [1.165, 1.54) is 0 Å².